The minimum absolute atomic E-state index is 0.261. The van der Waals surface area contributed by atoms with E-state index in [1.54, 1.807) is 43.8 Å². The van der Waals surface area contributed by atoms with Crippen LogP contribution in [0.5, 0.6) is 11.5 Å². The average Bonchev–Trinajstić information content (AvgIpc) is 3.33. The molecular formula is C21H26N4O2S2. The standard InChI is InChI=1S/C21H26N4O2S2/c1-5-9-28-21(29-10-6-2)20(13-23)17(19(20,12-22)18(24)25-21)15-8-7-14(26-3)11-16(15)27-4/h7-8,11,17H,5-6,9-10H2,1-4H3,(H2,24,25). The molecule has 0 amide bonds. The van der Waals surface area contributed by atoms with Crippen LogP contribution in [0.1, 0.15) is 38.2 Å². The second kappa shape index (κ2) is 8.01. The Hall–Kier alpha value is -2.03. The van der Waals surface area contributed by atoms with Gasteiger partial charge in [-0.1, -0.05) is 19.9 Å². The number of thioether (sulfide) groups is 2. The number of amidine groups is 1. The second-order valence-corrected chi connectivity index (χ2v) is 9.99. The van der Waals surface area contributed by atoms with E-state index in [9.17, 15) is 10.5 Å². The molecule has 1 aromatic rings. The van der Waals surface area contributed by atoms with Crippen molar-refractivity contribution in [2.45, 2.75) is 36.8 Å². The molecule has 3 atom stereocenters. The van der Waals surface area contributed by atoms with Crippen LogP contribution >= 0.6 is 23.5 Å². The molecule has 1 fully saturated rings. The van der Waals surface area contributed by atoms with E-state index in [0.29, 0.717) is 11.5 Å². The first-order chi connectivity index (χ1) is 14.0. The predicted octanol–water partition coefficient (Wildman–Crippen LogP) is 4.13. The van der Waals surface area contributed by atoms with Crippen LogP contribution in [0.4, 0.5) is 0 Å². The maximum Gasteiger partial charge on any atom is 0.175 e. The van der Waals surface area contributed by atoms with E-state index < -0.39 is 21.0 Å². The lowest BCUT2D eigenvalue weighted by atomic mass is 9.97. The fourth-order valence-electron chi connectivity index (χ4n) is 4.36. The van der Waals surface area contributed by atoms with Gasteiger partial charge in [-0.05, 0) is 30.4 Å². The van der Waals surface area contributed by atoms with Crippen molar-refractivity contribution in [2.75, 3.05) is 25.7 Å². The van der Waals surface area contributed by atoms with Gasteiger partial charge in [-0.3, -0.25) is 0 Å². The smallest absolute Gasteiger partial charge is 0.175 e. The fraction of sp³-hybridized carbons (Fsp3) is 0.571. The van der Waals surface area contributed by atoms with Crippen molar-refractivity contribution in [3.8, 4) is 23.6 Å². The van der Waals surface area contributed by atoms with E-state index in [4.69, 9.17) is 20.2 Å². The van der Waals surface area contributed by atoms with Crippen LogP contribution in [-0.2, 0) is 0 Å². The number of benzene rings is 1. The van der Waals surface area contributed by atoms with Crippen molar-refractivity contribution in [1.82, 2.24) is 0 Å². The number of methoxy groups -OCH3 is 2. The number of rotatable bonds is 9. The van der Waals surface area contributed by atoms with Crippen LogP contribution in [0.25, 0.3) is 0 Å². The number of fused-ring (bicyclic) bond motifs is 1. The van der Waals surface area contributed by atoms with E-state index in [1.807, 2.05) is 12.1 Å². The molecule has 0 aromatic heterocycles. The summed E-state index contributed by atoms with van der Waals surface area (Å²) in [5, 5.41) is 20.8. The SMILES string of the molecule is CCCSC1(SCCC)N=C(N)C2(C#N)C(c3ccc(OC)cc3OC)C12C#N. The van der Waals surface area contributed by atoms with Gasteiger partial charge in [-0.15, -0.1) is 23.5 Å². The molecule has 8 heteroatoms. The first kappa shape index (κ1) is 21.7. The summed E-state index contributed by atoms with van der Waals surface area (Å²) in [6, 6.07) is 10.4. The highest BCUT2D eigenvalue weighted by Gasteiger charge is 2.92. The predicted molar refractivity (Wildman–Crippen MR) is 118 cm³/mol. The first-order valence-corrected chi connectivity index (χ1v) is 11.6. The Balaban J connectivity index is 2.20. The molecule has 1 aliphatic heterocycles. The van der Waals surface area contributed by atoms with Crippen LogP contribution in [0.2, 0.25) is 0 Å². The minimum atomic E-state index is -1.15. The second-order valence-electron chi connectivity index (χ2n) is 7.16. The molecule has 1 aromatic carbocycles. The van der Waals surface area contributed by atoms with E-state index in [1.165, 1.54) is 0 Å². The van der Waals surface area contributed by atoms with Gasteiger partial charge in [0.2, 0.25) is 0 Å². The summed E-state index contributed by atoms with van der Waals surface area (Å²) in [5.74, 6) is 2.78. The molecule has 154 valence electrons. The monoisotopic (exact) mass is 430 g/mol. The lowest BCUT2D eigenvalue weighted by Crippen LogP contribution is -2.32. The molecule has 1 heterocycles. The summed E-state index contributed by atoms with van der Waals surface area (Å²) in [4.78, 5) is 4.79. The van der Waals surface area contributed by atoms with Gasteiger partial charge in [0.25, 0.3) is 0 Å². The molecule has 0 bridgehead atoms. The molecule has 6 nitrogen and oxygen atoms in total. The molecule has 1 aliphatic carbocycles. The van der Waals surface area contributed by atoms with E-state index in [0.717, 1.165) is 29.9 Å². The molecule has 0 saturated heterocycles. The van der Waals surface area contributed by atoms with Gasteiger partial charge < -0.3 is 15.2 Å². The van der Waals surface area contributed by atoms with Crippen molar-refractivity contribution >= 4 is 29.4 Å². The molecule has 3 rings (SSSR count). The summed E-state index contributed by atoms with van der Waals surface area (Å²) < 4.78 is 10.1. The van der Waals surface area contributed by atoms with Crippen LogP contribution in [-0.4, -0.2) is 35.8 Å². The first-order valence-electron chi connectivity index (χ1n) is 9.66. The lowest BCUT2D eigenvalue weighted by molar-refractivity contribution is 0.389. The third kappa shape index (κ3) is 2.73. The van der Waals surface area contributed by atoms with Crippen molar-refractivity contribution in [3.05, 3.63) is 23.8 Å². The van der Waals surface area contributed by atoms with E-state index in [-0.39, 0.29) is 5.84 Å². The van der Waals surface area contributed by atoms with Crippen molar-refractivity contribution < 1.29 is 9.47 Å². The third-order valence-electron chi connectivity index (χ3n) is 5.68. The Kier molecular flexibility index (Phi) is 5.98. The number of hydrogen-bond donors (Lipinski definition) is 1. The van der Waals surface area contributed by atoms with Crippen molar-refractivity contribution in [2.24, 2.45) is 21.6 Å². The molecule has 0 spiro atoms. The minimum Gasteiger partial charge on any atom is -0.497 e. The summed E-state index contributed by atoms with van der Waals surface area (Å²) in [6.07, 6.45) is 1.90. The number of ether oxygens (including phenoxy) is 2. The summed E-state index contributed by atoms with van der Waals surface area (Å²) in [7, 11) is 3.17. The van der Waals surface area contributed by atoms with Crippen LogP contribution in [0.3, 0.4) is 0 Å². The fourth-order valence-corrected chi connectivity index (χ4v) is 7.59. The topological polar surface area (TPSA) is 104 Å². The largest absolute Gasteiger partial charge is 0.497 e. The number of nitrogens with zero attached hydrogens (tertiary/aromatic N) is 3. The highest BCUT2D eigenvalue weighted by atomic mass is 32.2. The Labute approximate surface area is 180 Å². The zero-order chi connectivity index (χ0) is 21.3. The van der Waals surface area contributed by atoms with E-state index >= 15 is 0 Å². The lowest BCUT2D eigenvalue weighted by Gasteiger charge is -2.32. The van der Waals surface area contributed by atoms with Gasteiger partial charge in [0.05, 0.1) is 26.4 Å². The van der Waals surface area contributed by atoms with Crippen LogP contribution in [0, 0.1) is 33.5 Å². The van der Waals surface area contributed by atoms with Gasteiger partial charge >= 0.3 is 0 Å². The maximum absolute atomic E-state index is 10.5. The number of nitrogens with two attached hydrogens (primary N) is 1. The molecule has 29 heavy (non-hydrogen) atoms. The van der Waals surface area contributed by atoms with Crippen molar-refractivity contribution in [1.29, 1.82) is 10.5 Å². The van der Waals surface area contributed by atoms with E-state index in [2.05, 4.69) is 26.0 Å². The van der Waals surface area contributed by atoms with Gasteiger partial charge in [0.1, 0.15) is 28.2 Å². The number of aliphatic imine (C=N–C) groups is 1. The maximum atomic E-state index is 10.5. The Morgan fingerprint density at radius 2 is 1.76 bits per heavy atom. The molecule has 2 N–H and O–H groups in total. The van der Waals surface area contributed by atoms with Gasteiger partial charge in [-0.25, -0.2) is 4.99 Å². The number of nitriles is 2. The van der Waals surface area contributed by atoms with Crippen LogP contribution < -0.4 is 15.2 Å². The highest BCUT2D eigenvalue weighted by Crippen LogP contribution is 2.86. The molecule has 0 radical (unpaired) electrons. The van der Waals surface area contributed by atoms with Crippen LogP contribution in [0.15, 0.2) is 23.2 Å². The molecular weight excluding hydrogens is 404 g/mol. The zero-order valence-electron chi connectivity index (χ0n) is 17.2. The number of hydrogen-bond acceptors (Lipinski definition) is 8. The molecule has 3 unspecified atom stereocenters. The summed E-state index contributed by atoms with van der Waals surface area (Å²) in [6.45, 7) is 4.20. The third-order valence-corrected chi connectivity index (χ3v) is 9.22. The zero-order valence-corrected chi connectivity index (χ0v) is 18.8. The Bertz CT molecular complexity index is 899. The highest BCUT2D eigenvalue weighted by molar-refractivity contribution is 8.18. The quantitative estimate of drug-likeness (QED) is 0.587. The van der Waals surface area contributed by atoms with Gasteiger partial charge in [-0.2, -0.15) is 10.5 Å². The Morgan fingerprint density at radius 1 is 1.10 bits per heavy atom. The van der Waals surface area contributed by atoms with Crippen molar-refractivity contribution in [3.63, 3.8) is 0 Å². The molecule has 2 aliphatic rings. The normalized spacial score (nSPS) is 28.6. The summed E-state index contributed by atoms with van der Waals surface area (Å²) >= 11 is 3.28. The van der Waals surface area contributed by atoms with Gasteiger partial charge in [0.15, 0.2) is 4.20 Å². The molecule has 1 saturated carbocycles. The Morgan fingerprint density at radius 3 is 2.24 bits per heavy atom. The van der Waals surface area contributed by atoms with Gasteiger partial charge in [0, 0.05) is 17.5 Å². The summed E-state index contributed by atoms with van der Waals surface area (Å²) in [5.41, 5.74) is 5.01. The average molecular weight is 431 g/mol.